The molecule has 1 aromatic heterocycles. The molecule has 0 aliphatic carbocycles. The van der Waals surface area contributed by atoms with Gasteiger partial charge in [-0.15, -0.1) is 0 Å². The fourth-order valence-corrected chi connectivity index (χ4v) is 5.06. The fraction of sp³-hybridized carbons (Fsp3) is 0.281. The summed E-state index contributed by atoms with van der Waals surface area (Å²) in [7, 11) is 0. The number of carbonyl (C=O) groups excluding carboxylic acids is 1. The summed E-state index contributed by atoms with van der Waals surface area (Å²) in [4.78, 5) is 27.3. The molecule has 0 radical (unpaired) electrons. The summed E-state index contributed by atoms with van der Waals surface area (Å²) in [6, 6.07) is 21.6. The van der Waals surface area contributed by atoms with Gasteiger partial charge in [0.25, 0.3) is 5.91 Å². The van der Waals surface area contributed by atoms with E-state index in [9.17, 15) is 4.79 Å². The lowest BCUT2D eigenvalue weighted by Crippen LogP contribution is -2.48. The first-order valence-corrected chi connectivity index (χ1v) is 14.2. The van der Waals surface area contributed by atoms with E-state index in [1.54, 1.807) is 24.3 Å². The van der Waals surface area contributed by atoms with Crippen molar-refractivity contribution in [3.05, 3.63) is 94.6 Å². The van der Waals surface area contributed by atoms with E-state index in [2.05, 4.69) is 56.4 Å². The zero-order valence-corrected chi connectivity index (χ0v) is 24.6. The van der Waals surface area contributed by atoms with Crippen molar-refractivity contribution in [2.45, 2.75) is 33.7 Å². The molecule has 0 spiro atoms. The van der Waals surface area contributed by atoms with Crippen LogP contribution in [0.1, 0.15) is 35.3 Å². The van der Waals surface area contributed by atoms with Gasteiger partial charge in [0.15, 0.2) is 0 Å². The van der Waals surface area contributed by atoms with Gasteiger partial charge in [-0.2, -0.15) is 4.98 Å². The number of piperazine rings is 1. The Labute approximate surface area is 246 Å². The number of para-hydroxylation sites is 1. The van der Waals surface area contributed by atoms with Crippen LogP contribution in [0.4, 0.5) is 23.0 Å². The summed E-state index contributed by atoms with van der Waals surface area (Å²) in [6.07, 6.45) is 1.47. The van der Waals surface area contributed by atoms with Crippen molar-refractivity contribution in [3.63, 3.8) is 0 Å². The Morgan fingerprint density at radius 3 is 2.29 bits per heavy atom. The van der Waals surface area contributed by atoms with Crippen LogP contribution in [0.3, 0.4) is 0 Å². The van der Waals surface area contributed by atoms with E-state index in [-0.39, 0.29) is 17.4 Å². The predicted molar refractivity (Wildman–Crippen MR) is 166 cm³/mol. The number of hydrogen-bond donors (Lipinski definition) is 2. The molecule has 1 aliphatic heterocycles. The average Bonchev–Trinajstić information content (AvgIpc) is 2.96. The van der Waals surface area contributed by atoms with E-state index in [0.29, 0.717) is 22.8 Å². The van der Waals surface area contributed by atoms with Gasteiger partial charge in [0, 0.05) is 60.5 Å². The second-order valence-electron chi connectivity index (χ2n) is 10.5. The predicted octanol–water partition coefficient (Wildman–Crippen LogP) is 7.07. The number of amides is 1. The number of aromatic nitrogens is 2. The first-order chi connectivity index (χ1) is 19.8. The first-order valence-electron chi connectivity index (χ1n) is 13.8. The molecule has 9 heteroatoms. The van der Waals surface area contributed by atoms with E-state index < -0.39 is 0 Å². The number of carbonyl (C=O) groups is 1. The maximum absolute atomic E-state index is 13.4. The van der Waals surface area contributed by atoms with Crippen molar-refractivity contribution in [2.24, 2.45) is 0 Å². The second kappa shape index (κ2) is 12.6. The Kier molecular flexibility index (Phi) is 8.71. The highest BCUT2D eigenvalue weighted by Gasteiger charge is 2.20. The zero-order valence-electron chi connectivity index (χ0n) is 23.8. The topological polar surface area (TPSA) is 82.6 Å². The molecule has 2 heterocycles. The number of anilines is 4. The number of hydrogen-bond acceptors (Lipinski definition) is 7. The van der Waals surface area contributed by atoms with Crippen LogP contribution >= 0.6 is 11.6 Å². The highest BCUT2D eigenvalue weighted by Crippen LogP contribution is 2.29. The third kappa shape index (κ3) is 6.96. The van der Waals surface area contributed by atoms with Gasteiger partial charge in [0.05, 0.1) is 0 Å². The molecule has 0 bridgehead atoms. The standard InChI is InChI=1S/C32H35ClN6O2/c1-21(2)38-15-17-39(18-16-38)26-13-11-25(12-14-26)35-32-34-20-28(30(40)36-29-22(3)7-5-8-23(29)4)31(37-32)41-27-10-6-9-24(33)19-27/h5-14,19-21H,15-18H2,1-4H3,(H,36,40)(H,34,35,37). The minimum atomic E-state index is -0.368. The number of nitrogens with zero attached hydrogens (tertiary/aromatic N) is 4. The number of ether oxygens (including phenoxy) is 1. The molecule has 212 valence electrons. The lowest BCUT2D eigenvalue weighted by molar-refractivity contribution is 0.102. The smallest absolute Gasteiger partial charge is 0.262 e. The van der Waals surface area contributed by atoms with E-state index in [0.717, 1.165) is 48.7 Å². The van der Waals surface area contributed by atoms with Gasteiger partial charge in [-0.05, 0) is 81.3 Å². The summed E-state index contributed by atoms with van der Waals surface area (Å²) in [5.41, 5.74) is 4.88. The molecule has 8 nitrogen and oxygen atoms in total. The van der Waals surface area contributed by atoms with Gasteiger partial charge in [-0.25, -0.2) is 4.98 Å². The molecule has 0 unspecified atom stereocenters. The molecule has 41 heavy (non-hydrogen) atoms. The lowest BCUT2D eigenvalue weighted by Gasteiger charge is -2.38. The van der Waals surface area contributed by atoms with E-state index in [4.69, 9.17) is 16.3 Å². The van der Waals surface area contributed by atoms with Crippen LogP contribution in [0.5, 0.6) is 11.6 Å². The van der Waals surface area contributed by atoms with Crippen LogP contribution in [0.25, 0.3) is 0 Å². The van der Waals surface area contributed by atoms with Crippen molar-refractivity contribution >= 4 is 40.5 Å². The molecule has 2 N–H and O–H groups in total. The van der Waals surface area contributed by atoms with E-state index >= 15 is 0 Å². The molecule has 1 fully saturated rings. The van der Waals surface area contributed by atoms with Crippen molar-refractivity contribution in [3.8, 4) is 11.6 Å². The van der Waals surface area contributed by atoms with Crippen LogP contribution in [-0.2, 0) is 0 Å². The van der Waals surface area contributed by atoms with Gasteiger partial charge in [0.2, 0.25) is 11.8 Å². The van der Waals surface area contributed by atoms with Gasteiger partial charge < -0.3 is 20.3 Å². The molecule has 1 amide bonds. The third-order valence-electron chi connectivity index (χ3n) is 7.26. The van der Waals surface area contributed by atoms with Crippen molar-refractivity contribution in [1.82, 2.24) is 14.9 Å². The molecule has 1 saturated heterocycles. The first kappa shape index (κ1) is 28.4. The molecule has 1 aliphatic rings. The Morgan fingerprint density at radius 2 is 1.63 bits per heavy atom. The normalized spacial score (nSPS) is 13.8. The van der Waals surface area contributed by atoms with Crippen LogP contribution in [-0.4, -0.2) is 53.0 Å². The van der Waals surface area contributed by atoms with Gasteiger partial charge in [0.1, 0.15) is 11.3 Å². The molecule has 0 saturated carbocycles. The fourth-order valence-electron chi connectivity index (χ4n) is 4.88. The quantitative estimate of drug-likeness (QED) is 0.234. The van der Waals surface area contributed by atoms with E-state index in [1.165, 1.54) is 11.9 Å². The second-order valence-corrected chi connectivity index (χ2v) is 10.9. The van der Waals surface area contributed by atoms with Crippen LogP contribution in [0.15, 0.2) is 72.9 Å². The molecular formula is C32H35ClN6O2. The van der Waals surface area contributed by atoms with Crippen LogP contribution in [0, 0.1) is 13.8 Å². The summed E-state index contributed by atoms with van der Waals surface area (Å²) in [5.74, 6) is 0.523. The minimum Gasteiger partial charge on any atom is -0.438 e. The number of nitrogens with one attached hydrogen (secondary N) is 2. The van der Waals surface area contributed by atoms with Gasteiger partial charge >= 0.3 is 0 Å². The number of rotatable bonds is 8. The number of halogens is 1. The lowest BCUT2D eigenvalue weighted by atomic mass is 10.1. The molecule has 4 aromatic rings. The van der Waals surface area contributed by atoms with Gasteiger partial charge in [-0.1, -0.05) is 35.9 Å². The van der Waals surface area contributed by atoms with Crippen LogP contribution in [0.2, 0.25) is 5.02 Å². The summed E-state index contributed by atoms with van der Waals surface area (Å²) >= 11 is 6.17. The summed E-state index contributed by atoms with van der Waals surface area (Å²) in [6.45, 7) is 12.5. The Hall–Kier alpha value is -4.14. The minimum absolute atomic E-state index is 0.119. The Bertz CT molecular complexity index is 1500. The largest absolute Gasteiger partial charge is 0.438 e. The summed E-state index contributed by atoms with van der Waals surface area (Å²) in [5, 5.41) is 6.75. The monoisotopic (exact) mass is 570 g/mol. The number of benzene rings is 3. The van der Waals surface area contributed by atoms with Crippen LogP contribution < -0.4 is 20.3 Å². The molecule has 0 atom stereocenters. The van der Waals surface area contributed by atoms with E-state index in [1.807, 2.05) is 44.2 Å². The highest BCUT2D eigenvalue weighted by molar-refractivity contribution is 6.30. The third-order valence-corrected chi connectivity index (χ3v) is 7.50. The van der Waals surface area contributed by atoms with Crippen molar-refractivity contribution in [1.29, 1.82) is 0 Å². The molecular weight excluding hydrogens is 536 g/mol. The zero-order chi connectivity index (χ0) is 28.9. The Balaban J connectivity index is 1.36. The maximum atomic E-state index is 13.4. The van der Waals surface area contributed by atoms with Gasteiger partial charge in [-0.3, -0.25) is 9.69 Å². The molecule has 5 rings (SSSR count). The Morgan fingerprint density at radius 1 is 0.951 bits per heavy atom. The maximum Gasteiger partial charge on any atom is 0.262 e. The number of aryl methyl sites for hydroxylation is 2. The average molecular weight is 571 g/mol. The highest BCUT2D eigenvalue weighted by atomic mass is 35.5. The van der Waals surface area contributed by atoms with Crippen molar-refractivity contribution in [2.75, 3.05) is 41.7 Å². The summed E-state index contributed by atoms with van der Waals surface area (Å²) < 4.78 is 6.06. The molecule has 3 aromatic carbocycles. The van der Waals surface area contributed by atoms with Crippen molar-refractivity contribution < 1.29 is 9.53 Å². The SMILES string of the molecule is Cc1cccc(C)c1NC(=O)c1cnc(Nc2ccc(N3CCN(C(C)C)CC3)cc2)nc1Oc1cccc(Cl)c1.